The van der Waals surface area contributed by atoms with Gasteiger partial charge in [-0.3, -0.25) is 14.4 Å². The molecule has 0 fully saturated rings. The molecule has 1 amide bonds. The first-order valence-corrected chi connectivity index (χ1v) is 11.4. The van der Waals surface area contributed by atoms with E-state index >= 15 is 0 Å². The fourth-order valence-corrected chi connectivity index (χ4v) is 5.16. The number of hydrogen-bond acceptors (Lipinski definition) is 7. The van der Waals surface area contributed by atoms with Crippen molar-refractivity contribution in [3.8, 4) is 0 Å². The summed E-state index contributed by atoms with van der Waals surface area (Å²) in [5.41, 5.74) is -0.170. The van der Waals surface area contributed by atoms with Gasteiger partial charge in [-0.2, -0.15) is 0 Å². The van der Waals surface area contributed by atoms with Crippen molar-refractivity contribution in [1.82, 2.24) is 10.2 Å². The van der Waals surface area contributed by atoms with E-state index in [0.717, 1.165) is 22.4 Å². The molecule has 0 aliphatic rings. The molecule has 2 aromatic rings. The highest BCUT2D eigenvalue weighted by molar-refractivity contribution is 8.01. The van der Waals surface area contributed by atoms with Crippen LogP contribution in [0.4, 0.5) is 15.2 Å². The maximum Gasteiger partial charge on any atom is 0.250 e. The summed E-state index contributed by atoms with van der Waals surface area (Å²) >= 11 is 2.68. The Labute approximate surface area is 160 Å². The second-order valence-corrected chi connectivity index (χ2v) is 9.58. The van der Waals surface area contributed by atoms with Gasteiger partial charge < -0.3 is 0 Å². The molecule has 1 aromatic carbocycles. The molecule has 0 aliphatic heterocycles. The van der Waals surface area contributed by atoms with Crippen LogP contribution in [-0.2, 0) is 14.8 Å². The SMILES string of the molecule is CCSc1nnc(NC(=O)[C@@H](CC)N(c2ccccc2F)S(C)(=O)=O)s1. The van der Waals surface area contributed by atoms with E-state index in [0.29, 0.717) is 4.34 Å². The zero-order chi connectivity index (χ0) is 19.3. The number of anilines is 2. The average Bonchev–Trinajstić information content (AvgIpc) is 2.99. The Morgan fingerprint density at radius 2 is 2.04 bits per heavy atom. The quantitative estimate of drug-likeness (QED) is 0.523. The minimum atomic E-state index is -3.90. The maximum atomic E-state index is 14.2. The molecule has 1 heterocycles. The number of halogens is 1. The molecular formula is C15H19FN4O3S3. The van der Waals surface area contributed by atoms with Crippen molar-refractivity contribution in [2.45, 2.75) is 30.6 Å². The molecule has 1 aromatic heterocycles. The predicted octanol–water partition coefficient (Wildman–Crippen LogP) is 2.97. The number of hydrogen-bond donors (Lipinski definition) is 1. The minimum absolute atomic E-state index is 0.155. The van der Waals surface area contributed by atoms with E-state index in [4.69, 9.17) is 0 Å². The molecule has 7 nitrogen and oxygen atoms in total. The summed E-state index contributed by atoms with van der Waals surface area (Å²) in [5.74, 6) is -0.498. The van der Waals surface area contributed by atoms with Gasteiger partial charge in [-0.05, 0) is 24.3 Å². The molecule has 0 radical (unpaired) electrons. The van der Waals surface area contributed by atoms with Crippen LogP contribution in [0.2, 0.25) is 0 Å². The van der Waals surface area contributed by atoms with Gasteiger partial charge in [0.1, 0.15) is 11.9 Å². The topological polar surface area (TPSA) is 92.3 Å². The third-order valence-corrected chi connectivity index (χ3v) is 6.34. The van der Waals surface area contributed by atoms with Gasteiger partial charge in [0.2, 0.25) is 21.1 Å². The van der Waals surface area contributed by atoms with Crippen molar-refractivity contribution >= 4 is 49.8 Å². The second kappa shape index (κ2) is 8.78. The monoisotopic (exact) mass is 418 g/mol. The fraction of sp³-hybridized carbons (Fsp3) is 0.400. The van der Waals surface area contributed by atoms with Crippen LogP contribution >= 0.6 is 23.1 Å². The van der Waals surface area contributed by atoms with Crippen molar-refractivity contribution in [1.29, 1.82) is 0 Å². The van der Waals surface area contributed by atoms with Crippen molar-refractivity contribution in [3.05, 3.63) is 30.1 Å². The molecular weight excluding hydrogens is 399 g/mol. The Hall–Kier alpha value is -1.72. The van der Waals surface area contributed by atoms with Crippen molar-refractivity contribution in [2.75, 3.05) is 21.6 Å². The number of para-hydroxylation sites is 1. The van der Waals surface area contributed by atoms with E-state index in [2.05, 4.69) is 15.5 Å². The summed E-state index contributed by atoms with van der Waals surface area (Å²) in [6, 6.07) is 4.33. The standard InChI is InChI=1S/C15H19FN4O3S3/c1-4-11(13(21)17-14-18-19-15(25-14)24-5-2)20(26(3,22)23)12-9-7-6-8-10(12)16/h6-9,11H,4-5H2,1-3H3,(H,17,18,21)/t11-/m1/s1. The molecule has 0 saturated heterocycles. The van der Waals surface area contributed by atoms with Crippen LogP contribution in [0, 0.1) is 5.82 Å². The Morgan fingerprint density at radius 1 is 1.35 bits per heavy atom. The normalized spacial score (nSPS) is 12.6. The van der Waals surface area contributed by atoms with E-state index in [-0.39, 0.29) is 17.2 Å². The van der Waals surface area contributed by atoms with E-state index in [1.165, 1.54) is 41.3 Å². The van der Waals surface area contributed by atoms with E-state index < -0.39 is 27.8 Å². The molecule has 2 rings (SSSR count). The number of amides is 1. The highest BCUT2D eigenvalue weighted by atomic mass is 32.2. The van der Waals surface area contributed by atoms with Gasteiger partial charge in [-0.15, -0.1) is 10.2 Å². The first-order chi connectivity index (χ1) is 12.3. The number of aromatic nitrogens is 2. The molecule has 0 saturated carbocycles. The highest BCUT2D eigenvalue weighted by Gasteiger charge is 2.33. The van der Waals surface area contributed by atoms with Gasteiger partial charge in [0.15, 0.2) is 4.34 Å². The predicted molar refractivity (Wildman–Crippen MR) is 103 cm³/mol. The van der Waals surface area contributed by atoms with Gasteiger partial charge in [0.25, 0.3) is 0 Å². The van der Waals surface area contributed by atoms with Gasteiger partial charge in [-0.1, -0.05) is 49.1 Å². The summed E-state index contributed by atoms with van der Waals surface area (Å²) in [4.78, 5) is 12.7. The van der Waals surface area contributed by atoms with Crippen LogP contribution in [-0.4, -0.2) is 42.6 Å². The average molecular weight is 419 g/mol. The summed E-state index contributed by atoms with van der Waals surface area (Å²) in [7, 11) is -3.90. The molecule has 0 bridgehead atoms. The number of thioether (sulfide) groups is 1. The Morgan fingerprint density at radius 3 is 2.62 bits per heavy atom. The van der Waals surface area contributed by atoms with Gasteiger partial charge >= 0.3 is 0 Å². The minimum Gasteiger partial charge on any atom is -0.299 e. The third kappa shape index (κ3) is 4.92. The summed E-state index contributed by atoms with van der Waals surface area (Å²) < 4.78 is 40.3. The number of carbonyl (C=O) groups is 1. The Kier molecular flexibility index (Phi) is 6.95. The lowest BCUT2D eigenvalue weighted by Gasteiger charge is -2.29. The van der Waals surface area contributed by atoms with Crippen LogP contribution < -0.4 is 9.62 Å². The van der Waals surface area contributed by atoms with Crippen LogP contribution in [0.1, 0.15) is 20.3 Å². The van der Waals surface area contributed by atoms with Gasteiger partial charge in [0, 0.05) is 0 Å². The van der Waals surface area contributed by atoms with Gasteiger partial charge in [-0.25, -0.2) is 12.8 Å². The van der Waals surface area contributed by atoms with Crippen LogP contribution in [0.15, 0.2) is 28.6 Å². The number of carbonyl (C=O) groups excluding carboxylic acids is 1. The number of sulfonamides is 1. The third-order valence-electron chi connectivity index (χ3n) is 3.32. The Balaban J connectivity index is 2.32. The van der Waals surface area contributed by atoms with E-state index in [1.807, 2.05) is 6.92 Å². The lowest BCUT2D eigenvalue weighted by molar-refractivity contribution is -0.117. The van der Waals surface area contributed by atoms with Crippen LogP contribution in [0.3, 0.4) is 0 Å². The van der Waals surface area contributed by atoms with Crippen molar-refractivity contribution in [3.63, 3.8) is 0 Å². The summed E-state index contributed by atoms with van der Waals surface area (Å²) in [5, 5.41) is 10.7. The lowest BCUT2D eigenvalue weighted by Crippen LogP contribution is -2.47. The van der Waals surface area contributed by atoms with Crippen molar-refractivity contribution < 1.29 is 17.6 Å². The number of nitrogens with zero attached hydrogens (tertiary/aromatic N) is 3. The molecule has 11 heteroatoms. The number of rotatable bonds is 8. The maximum absolute atomic E-state index is 14.2. The van der Waals surface area contributed by atoms with Gasteiger partial charge in [0.05, 0.1) is 11.9 Å². The molecule has 1 atom stereocenters. The van der Waals surface area contributed by atoms with Crippen LogP contribution in [0.25, 0.3) is 0 Å². The van der Waals surface area contributed by atoms with E-state index in [1.54, 1.807) is 6.92 Å². The fourth-order valence-electron chi connectivity index (χ4n) is 2.30. The second-order valence-electron chi connectivity index (χ2n) is 5.23. The molecule has 1 N–H and O–H groups in total. The Bertz CT molecular complexity index is 873. The first-order valence-electron chi connectivity index (χ1n) is 7.79. The summed E-state index contributed by atoms with van der Waals surface area (Å²) in [6.07, 6.45) is 1.10. The smallest absolute Gasteiger partial charge is 0.250 e. The number of nitrogens with one attached hydrogen (secondary N) is 1. The zero-order valence-corrected chi connectivity index (χ0v) is 16.9. The molecule has 0 unspecified atom stereocenters. The lowest BCUT2D eigenvalue weighted by atomic mass is 10.2. The zero-order valence-electron chi connectivity index (χ0n) is 14.5. The number of benzene rings is 1. The highest BCUT2D eigenvalue weighted by Crippen LogP contribution is 2.28. The first kappa shape index (κ1) is 20.6. The van der Waals surface area contributed by atoms with Crippen molar-refractivity contribution in [2.24, 2.45) is 0 Å². The molecule has 0 aliphatic carbocycles. The molecule has 26 heavy (non-hydrogen) atoms. The van der Waals surface area contributed by atoms with Crippen LogP contribution in [0.5, 0.6) is 0 Å². The summed E-state index contributed by atoms with van der Waals surface area (Å²) in [6.45, 7) is 3.62. The van der Waals surface area contributed by atoms with E-state index in [9.17, 15) is 17.6 Å². The molecule has 142 valence electrons. The molecule has 0 spiro atoms. The largest absolute Gasteiger partial charge is 0.299 e.